The van der Waals surface area contributed by atoms with Crippen molar-refractivity contribution in [1.29, 1.82) is 0 Å². The van der Waals surface area contributed by atoms with E-state index >= 15 is 0 Å². The highest BCUT2D eigenvalue weighted by Gasteiger charge is 2.39. The maximum atomic E-state index is 12.4. The lowest BCUT2D eigenvalue weighted by Gasteiger charge is -2.40. The molecule has 0 amide bonds. The Kier molecular flexibility index (Phi) is 4.39. The average Bonchev–Trinajstić information content (AvgIpc) is 2.31. The topological polar surface area (TPSA) is 83.5 Å². The lowest BCUT2D eigenvalue weighted by Crippen LogP contribution is -2.43. The molecule has 116 valence electrons. The zero-order chi connectivity index (χ0) is 15.7. The zero-order valence-corrected chi connectivity index (χ0v) is 13.2. The third-order valence-electron chi connectivity index (χ3n) is 4.20. The minimum atomic E-state index is -3.60. The van der Waals surface area contributed by atoms with Crippen LogP contribution in [0.5, 0.6) is 0 Å². The third kappa shape index (κ3) is 3.63. The third-order valence-corrected chi connectivity index (χ3v) is 5.76. The number of sulfonamides is 1. The summed E-state index contributed by atoms with van der Waals surface area (Å²) in [4.78, 5) is 11.2. The second kappa shape index (κ2) is 5.77. The quantitative estimate of drug-likeness (QED) is 0.844. The molecule has 1 aliphatic carbocycles. The van der Waals surface area contributed by atoms with Gasteiger partial charge in [-0.3, -0.25) is 4.79 Å². The van der Waals surface area contributed by atoms with Crippen molar-refractivity contribution in [3.05, 3.63) is 29.3 Å². The molecular formula is C15H21NO4S. The van der Waals surface area contributed by atoms with Crippen LogP contribution in [0.4, 0.5) is 0 Å². The van der Waals surface area contributed by atoms with Crippen molar-refractivity contribution >= 4 is 16.0 Å². The molecule has 0 radical (unpaired) electrons. The molecule has 0 heterocycles. The predicted octanol–water partition coefficient (Wildman–Crippen LogP) is 2.23. The Morgan fingerprint density at radius 3 is 2.48 bits per heavy atom. The van der Waals surface area contributed by atoms with Gasteiger partial charge in [0, 0.05) is 6.54 Å². The van der Waals surface area contributed by atoms with E-state index in [2.05, 4.69) is 4.72 Å². The molecule has 0 saturated heterocycles. The number of benzene rings is 1. The maximum absolute atomic E-state index is 12.4. The van der Waals surface area contributed by atoms with Gasteiger partial charge in [0.05, 0.1) is 11.3 Å². The number of hydrogen-bond donors (Lipinski definition) is 2. The summed E-state index contributed by atoms with van der Waals surface area (Å²) in [5.41, 5.74) is 1.29. The van der Waals surface area contributed by atoms with Crippen LogP contribution in [0.1, 0.15) is 36.8 Å². The summed E-state index contributed by atoms with van der Waals surface area (Å²) in [6, 6.07) is 5.18. The molecule has 1 saturated carbocycles. The van der Waals surface area contributed by atoms with Crippen LogP contribution in [-0.2, 0) is 14.8 Å². The minimum Gasteiger partial charge on any atom is -0.481 e. The molecule has 1 aromatic rings. The van der Waals surface area contributed by atoms with Gasteiger partial charge in [0.2, 0.25) is 10.0 Å². The molecular weight excluding hydrogens is 290 g/mol. The van der Waals surface area contributed by atoms with Crippen molar-refractivity contribution < 1.29 is 18.3 Å². The second-order valence-corrected chi connectivity index (χ2v) is 7.75. The van der Waals surface area contributed by atoms with Gasteiger partial charge < -0.3 is 5.11 Å². The lowest BCUT2D eigenvalue weighted by molar-refractivity contribution is -0.141. The number of nitrogens with one attached hydrogen (secondary N) is 1. The summed E-state index contributed by atoms with van der Waals surface area (Å²) in [5.74, 6) is -0.875. The van der Waals surface area contributed by atoms with Gasteiger partial charge in [-0.15, -0.1) is 0 Å². The van der Waals surface area contributed by atoms with E-state index in [1.54, 1.807) is 19.1 Å². The monoisotopic (exact) mass is 311 g/mol. The molecule has 2 N–H and O–H groups in total. The Morgan fingerprint density at radius 1 is 1.33 bits per heavy atom. The fourth-order valence-corrected chi connectivity index (χ4v) is 4.22. The number of carboxylic acids is 1. The molecule has 0 spiro atoms. The van der Waals surface area contributed by atoms with Gasteiger partial charge in [0.1, 0.15) is 0 Å². The van der Waals surface area contributed by atoms with Crippen LogP contribution in [0.2, 0.25) is 0 Å². The van der Waals surface area contributed by atoms with Crippen LogP contribution >= 0.6 is 0 Å². The average molecular weight is 311 g/mol. The van der Waals surface area contributed by atoms with Crippen LogP contribution in [0.15, 0.2) is 23.1 Å². The Morgan fingerprint density at radius 2 is 2.00 bits per heavy atom. The SMILES string of the molecule is Cc1ccc(S(=O)(=O)NCC2(CC(=O)O)CCC2)c(C)c1. The van der Waals surface area contributed by atoms with E-state index in [-0.39, 0.29) is 17.9 Å². The summed E-state index contributed by atoms with van der Waals surface area (Å²) in [6.07, 6.45) is 2.49. The van der Waals surface area contributed by atoms with Crippen molar-refractivity contribution in [2.75, 3.05) is 6.54 Å². The molecule has 0 unspecified atom stereocenters. The Labute approximate surface area is 125 Å². The summed E-state index contributed by atoms with van der Waals surface area (Å²) in [5, 5.41) is 8.96. The molecule has 0 bridgehead atoms. The van der Waals surface area contributed by atoms with E-state index in [1.165, 1.54) is 0 Å². The van der Waals surface area contributed by atoms with Crippen LogP contribution in [0, 0.1) is 19.3 Å². The van der Waals surface area contributed by atoms with E-state index in [0.717, 1.165) is 24.8 Å². The lowest BCUT2D eigenvalue weighted by atomic mass is 9.67. The number of aryl methyl sites for hydroxylation is 2. The molecule has 5 nitrogen and oxygen atoms in total. The van der Waals surface area contributed by atoms with Gasteiger partial charge in [-0.2, -0.15) is 0 Å². The van der Waals surface area contributed by atoms with Crippen molar-refractivity contribution in [1.82, 2.24) is 4.72 Å². The zero-order valence-electron chi connectivity index (χ0n) is 12.3. The van der Waals surface area contributed by atoms with E-state index in [0.29, 0.717) is 5.56 Å². The van der Waals surface area contributed by atoms with E-state index in [9.17, 15) is 13.2 Å². The summed E-state index contributed by atoms with van der Waals surface area (Å²) in [7, 11) is -3.60. The highest BCUT2D eigenvalue weighted by atomic mass is 32.2. The van der Waals surface area contributed by atoms with Crippen LogP contribution in [-0.4, -0.2) is 26.0 Å². The second-order valence-electron chi connectivity index (χ2n) is 6.02. The molecule has 0 atom stereocenters. The molecule has 6 heteroatoms. The molecule has 2 rings (SSSR count). The van der Waals surface area contributed by atoms with Crippen LogP contribution < -0.4 is 4.72 Å². The normalized spacial score (nSPS) is 17.2. The van der Waals surface area contributed by atoms with Crippen molar-refractivity contribution in [2.24, 2.45) is 5.41 Å². The number of hydrogen-bond acceptors (Lipinski definition) is 3. The van der Waals surface area contributed by atoms with Gasteiger partial charge in [-0.1, -0.05) is 24.1 Å². The first-order valence-electron chi connectivity index (χ1n) is 7.03. The summed E-state index contributed by atoms with van der Waals surface area (Å²) >= 11 is 0. The van der Waals surface area contributed by atoms with Crippen molar-refractivity contribution in [3.63, 3.8) is 0 Å². The van der Waals surface area contributed by atoms with E-state index in [4.69, 9.17) is 5.11 Å². The van der Waals surface area contributed by atoms with Crippen LogP contribution in [0.25, 0.3) is 0 Å². The Balaban J connectivity index is 2.12. The summed E-state index contributed by atoms with van der Waals surface area (Å²) < 4.78 is 27.3. The van der Waals surface area contributed by atoms with Gasteiger partial charge >= 0.3 is 5.97 Å². The highest BCUT2D eigenvalue weighted by Crippen LogP contribution is 2.43. The first-order valence-corrected chi connectivity index (χ1v) is 8.51. The highest BCUT2D eigenvalue weighted by molar-refractivity contribution is 7.89. The van der Waals surface area contributed by atoms with E-state index < -0.39 is 21.4 Å². The standard InChI is InChI=1S/C15H21NO4S/c1-11-4-5-13(12(2)8-11)21(19,20)16-10-15(6-3-7-15)9-14(17)18/h4-5,8,16H,3,6-7,9-10H2,1-2H3,(H,17,18). The first-order chi connectivity index (χ1) is 9.74. The number of carboxylic acid groups (broad SMARTS) is 1. The van der Waals surface area contributed by atoms with Gasteiger partial charge in [-0.05, 0) is 43.7 Å². The Bertz CT molecular complexity index is 648. The van der Waals surface area contributed by atoms with E-state index in [1.807, 2.05) is 13.0 Å². The van der Waals surface area contributed by atoms with Gasteiger partial charge in [0.25, 0.3) is 0 Å². The number of aliphatic carboxylic acids is 1. The van der Waals surface area contributed by atoms with Gasteiger partial charge in [0.15, 0.2) is 0 Å². The first kappa shape index (κ1) is 16.0. The fraction of sp³-hybridized carbons (Fsp3) is 0.533. The molecule has 1 aliphatic rings. The molecule has 0 aromatic heterocycles. The molecule has 0 aliphatic heterocycles. The molecule has 21 heavy (non-hydrogen) atoms. The predicted molar refractivity (Wildman–Crippen MR) is 79.6 cm³/mol. The maximum Gasteiger partial charge on any atom is 0.303 e. The molecule has 1 aromatic carbocycles. The molecule has 1 fully saturated rings. The minimum absolute atomic E-state index is 0.0163. The fourth-order valence-electron chi connectivity index (χ4n) is 2.84. The smallest absolute Gasteiger partial charge is 0.303 e. The largest absolute Gasteiger partial charge is 0.481 e. The van der Waals surface area contributed by atoms with Gasteiger partial charge in [-0.25, -0.2) is 13.1 Å². The Hall–Kier alpha value is -1.40. The summed E-state index contributed by atoms with van der Waals surface area (Å²) in [6.45, 7) is 3.86. The number of carbonyl (C=O) groups is 1. The van der Waals surface area contributed by atoms with Crippen LogP contribution in [0.3, 0.4) is 0 Å². The van der Waals surface area contributed by atoms with Crippen molar-refractivity contribution in [2.45, 2.75) is 44.4 Å². The number of rotatable bonds is 6. The van der Waals surface area contributed by atoms with Crippen molar-refractivity contribution in [3.8, 4) is 0 Å².